The summed E-state index contributed by atoms with van der Waals surface area (Å²) in [5.74, 6) is 1.43. The highest BCUT2D eigenvalue weighted by Crippen LogP contribution is 2.35. The van der Waals surface area contributed by atoms with Crippen LogP contribution in [0.1, 0.15) is 38.7 Å². The largest absolute Gasteiger partial charge is 0.454 e. The number of anilines is 2. The van der Waals surface area contributed by atoms with E-state index in [1.165, 1.54) is 12.5 Å². The van der Waals surface area contributed by atoms with Gasteiger partial charge in [-0.25, -0.2) is 0 Å². The van der Waals surface area contributed by atoms with E-state index in [4.69, 9.17) is 9.47 Å². The summed E-state index contributed by atoms with van der Waals surface area (Å²) in [5, 5.41) is 2.87. The van der Waals surface area contributed by atoms with Crippen LogP contribution in [0.5, 0.6) is 11.5 Å². The van der Waals surface area contributed by atoms with Crippen molar-refractivity contribution in [3.8, 4) is 11.5 Å². The number of carbonyl (C=O) groups excluding carboxylic acids is 2. The van der Waals surface area contributed by atoms with E-state index in [1.807, 2.05) is 24.3 Å². The normalized spacial score (nSPS) is 12.1. The molecule has 0 bridgehead atoms. The number of amides is 2. The third-order valence-electron chi connectivity index (χ3n) is 4.47. The van der Waals surface area contributed by atoms with E-state index in [0.717, 1.165) is 5.69 Å². The number of hydrogen-bond donors (Lipinski definition) is 1. The van der Waals surface area contributed by atoms with Crippen molar-refractivity contribution in [1.29, 1.82) is 0 Å². The first-order valence-corrected chi connectivity index (χ1v) is 9.01. The molecule has 0 saturated heterocycles. The molecular weight excluding hydrogens is 344 g/mol. The molecule has 3 rings (SSSR count). The Labute approximate surface area is 159 Å². The minimum atomic E-state index is -0.140. The molecular formula is C21H24N2O4. The highest BCUT2D eigenvalue weighted by Gasteiger charge is 2.19. The van der Waals surface area contributed by atoms with E-state index >= 15 is 0 Å². The molecule has 1 aliphatic heterocycles. The Morgan fingerprint density at radius 1 is 1.07 bits per heavy atom. The zero-order valence-electron chi connectivity index (χ0n) is 15.8. The third kappa shape index (κ3) is 4.58. The van der Waals surface area contributed by atoms with Crippen molar-refractivity contribution in [3.05, 3.63) is 48.0 Å². The van der Waals surface area contributed by atoms with Crippen LogP contribution in [-0.4, -0.2) is 25.2 Å². The summed E-state index contributed by atoms with van der Waals surface area (Å²) in [6.45, 7) is 6.19. The highest BCUT2D eigenvalue weighted by atomic mass is 16.7. The van der Waals surface area contributed by atoms with Gasteiger partial charge in [0.05, 0.1) is 0 Å². The van der Waals surface area contributed by atoms with E-state index in [0.29, 0.717) is 23.1 Å². The van der Waals surface area contributed by atoms with E-state index < -0.39 is 0 Å². The lowest BCUT2D eigenvalue weighted by molar-refractivity contribution is -0.117. The molecule has 6 heteroatoms. The van der Waals surface area contributed by atoms with E-state index in [2.05, 4.69) is 19.2 Å². The quantitative estimate of drug-likeness (QED) is 0.839. The maximum Gasteiger partial charge on any atom is 0.231 e. The van der Waals surface area contributed by atoms with Crippen LogP contribution in [0.4, 0.5) is 11.4 Å². The van der Waals surface area contributed by atoms with Gasteiger partial charge in [-0.15, -0.1) is 0 Å². The van der Waals surface area contributed by atoms with Gasteiger partial charge in [-0.1, -0.05) is 26.0 Å². The van der Waals surface area contributed by atoms with Crippen LogP contribution in [0, 0.1) is 0 Å². The maximum absolute atomic E-state index is 12.3. The van der Waals surface area contributed by atoms with Gasteiger partial charge in [0.1, 0.15) is 0 Å². The minimum Gasteiger partial charge on any atom is -0.454 e. The second-order valence-corrected chi connectivity index (χ2v) is 6.78. The van der Waals surface area contributed by atoms with Crippen molar-refractivity contribution in [2.75, 3.05) is 23.6 Å². The average Bonchev–Trinajstić information content (AvgIpc) is 3.10. The van der Waals surface area contributed by atoms with Gasteiger partial charge in [-0.2, -0.15) is 0 Å². The molecule has 1 aliphatic rings. The number of rotatable bonds is 6. The molecule has 1 heterocycles. The van der Waals surface area contributed by atoms with Gasteiger partial charge in [0.25, 0.3) is 0 Å². The molecule has 0 unspecified atom stereocenters. The Morgan fingerprint density at radius 2 is 1.78 bits per heavy atom. The predicted molar refractivity (Wildman–Crippen MR) is 104 cm³/mol. The summed E-state index contributed by atoms with van der Waals surface area (Å²) in [5.41, 5.74) is 2.65. The van der Waals surface area contributed by atoms with Crippen molar-refractivity contribution in [2.45, 2.75) is 33.1 Å². The van der Waals surface area contributed by atoms with E-state index in [9.17, 15) is 9.59 Å². The van der Waals surface area contributed by atoms with Gasteiger partial charge in [0, 0.05) is 37.3 Å². The number of carbonyl (C=O) groups is 2. The lowest BCUT2D eigenvalue weighted by Crippen LogP contribution is -2.31. The zero-order valence-corrected chi connectivity index (χ0v) is 15.8. The number of hydrogen-bond acceptors (Lipinski definition) is 4. The van der Waals surface area contributed by atoms with Gasteiger partial charge in [0.15, 0.2) is 11.5 Å². The van der Waals surface area contributed by atoms with Crippen LogP contribution in [0.2, 0.25) is 0 Å². The molecule has 1 N–H and O–H groups in total. The van der Waals surface area contributed by atoms with Crippen molar-refractivity contribution in [2.24, 2.45) is 0 Å². The number of benzene rings is 2. The minimum absolute atomic E-state index is 0.136. The smallest absolute Gasteiger partial charge is 0.231 e. The van der Waals surface area contributed by atoms with Gasteiger partial charge >= 0.3 is 0 Å². The first kappa shape index (κ1) is 18.8. The number of fused-ring (bicyclic) bond motifs is 1. The highest BCUT2D eigenvalue weighted by molar-refractivity contribution is 5.95. The lowest BCUT2D eigenvalue weighted by atomic mass is 10.0. The summed E-state index contributed by atoms with van der Waals surface area (Å²) < 4.78 is 10.7. The molecule has 0 atom stereocenters. The van der Waals surface area contributed by atoms with Gasteiger partial charge in [0.2, 0.25) is 18.6 Å². The van der Waals surface area contributed by atoms with Crippen molar-refractivity contribution in [1.82, 2.24) is 0 Å². The molecule has 142 valence electrons. The summed E-state index contributed by atoms with van der Waals surface area (Å²) in [7, 11) is 0. The van der Waals surface area contributed by atoms with Gasteiger partial charge < -0.3 is 19.7 Å². The molecule has 0 saturated carbocycles. The summed E-state index contributed by atoms with van der Waals surface area (Å²) in [6, 6.07) is 13.1. The maximum atomic E-state index is 12.3. The second-order valence-electron chi connectivity index (χ2n) is 6.78. The molecule has 0 fully saturated rings. The number of nitrogens with zero attached hydrogens (tertiary/aromatic N) is 1. The van der Waals surface area contributed by atoms with Crippen LogP contribution in [0.25, 0.3) is 0 Å². The molecule has 2 aromatic rings. The number of ether oxygens (including phenoxy) is 2. The zero-order chi connectivity index (χ0) is 19.4. The van der Waals surface area contributed by atoms with Crippen LogP contribution in [0.3, 0.4) is 0 Å². The molecule has 2 aromatic carbocycles. The Hall–Kier alpha value is -3.02. The second kappa shape index (κ2) is 8.12. The fraction of sp³-hybridized carbons (Fsp3) is 0.333. The molecule has 0 radical (unpaired) electrons. The van der Waals surface area contributed by atoms with Crippen LogP contribution < -0.4 is 19.7 Å². The molecule has 6 nitrogen and oxygen atoms in total. The molecule has 0 aliphatic carbocycles. The fourth-order valence-corrected chi connectivity index (χ4v) is 2.91. The summed E-state index contributed by atoms with van der Waals surface area (Å²) in [4.78, 5) is 25.9. The molecule has 2 amide bonds. The van der Waals surface area contributed by atoms with E-state index in [-0.39, 0.29) is 31.6 Å². The first-order chi connectivity index (χ1) is 12.9. The molecule has 0 aromatic heterocycles. The fourth-order valence-electron chi connectivity index (χ4n) is 2.91. The Bertz CT molecular complexity index is 831. The molecule has 0 spiro atoms. The first-order valence-electron chi connectivity index (χ1n) is 9.01. The lowest BCUT2D eigenvalue weighted by Gasteiger charge is -2.21. The SMILES string of the molecule is CC(=O)N(CCC(=O)Nc1ccc(C(C)C)cc1)c1ccc2c(c1)OCO2. The van der Waals surface area contributed by atoms with Crippen LogP contribution in [0.15, 0.2) is 42.5 Å². The standard InChI is InChI=1S/C21H24N2O4/c1-14(2)16-4-6-17(7-5-16)22-21(25)10-11-23(15(3)24)18-8-9-19-20(12-18)27-13-26-19/h4-9,12,14H,10-11,13H2,1-3H3,(H,22,25). The van der Waals surface area contributed by atoms with Crippen molar-refractivity contribution >= 4 is 23.2 Å². The third-order valence-corrected chi connectivity index (χ3v) is 4.47. The Balaban J connectivity index is 1.60. The van der Waals surface area contributed by atoms with Crippen molar-refractivity contribution < 1.29 is 19.1 Å². The number of nitrogens with one attached hydrogen (secondary N) is 1. The summed E-state index contributed by atoms with van der Waals surface area (Å²) in [6.07, 6.45) is 0.194. The monoisotopic (exact) mass is 368 g/mol. The molecule has 27 heavy (non-hydrogen) atoms. The van der Waals surface area contributed by atoms with Crippen LogP contribution >= 0.6 is 0 Å². The Kier molecular flexibility index (Phi) is 5.64. The Morgan fingerprint density at radius 3 is 2.44 bits per heavy atom. The predicted octanol–water partition coefficient (Wildman–Crippen LogP) is 3.92. The van der Waals surface area contributed by atoms with E-state index in [1.54, 1.807) is 23.1 Å². The van der Waals surface area contributed by atoms with Gasteiger partial charge in [-0.05, 0) is 35.7 Å². The van der Waals surface area contributed by atoms with Crippen molar-refractivity contribution in [3.63, 3.8) is 0 Å². The topological polar surface area (TPSA) is 67.9 Å². The van der Waals surface area contributed by atoms with Gasteiger partial charge in [-0.3, -0.25) is 9.59 Å². The summed E-state index contributed by atoms with van der Waals surface area (Å²) >= 11 is 0. The average molecular weight is 368 g/mol. The van der Waals surface area contributed by atoms with Crippen LogP contribution in [-0.2, 0) is 9.59 Å².